The predicted octanol–water partition coefficient (Wildman–Crippen LogP) is 3.68. The lowest BCUT2D eigenvalue weighted by Crippen LogP contribution is -2.17. The first-order valence-corrected chi connectivity index (χ1v) is 5.16. The summed E-state index contributed by atoms with van der Waals surface area (Å²) in [5, 5.41) is 0. The van der Waals surface area contributed by atoms with E-state index in [0.717, 1.165) is 13.0 Å². The zero-order chi connectivity index (χ0) is 9.45. The normalized spacial score (nSPS) is 12.7. The summed E-state index contributed by atoms with van der Waals surface area (Å²) in [5.41, 5.74) is 0.435. The summed E-state index contributed by atoms with van der Waals surface area (Å²) < 4.78 is 0. The molecule has 72 valence electrons. The van der Waals surface area contributed by atoms with Crippen molar-refractivity contribution in [1.82, 2.24) is 0 Å². The number of nitrogens with zero attached hydrogens (tertiary/aromatic N) is 1. The molecule has 0 heterocycles. The molecule has 0 aliphatic rings. The number of unbranched alkanes of at least 4 members (excludes halogenated alkanes) is 1. The molecule has 0 bridgehead atoms. The number of hydrogen-bond acceptors (Lipinski definition) is 1. The molecule has 0 saturated heterocycles. The van der Waals surface area contributed by atoms with Crippen molar-refractivity contribution in [3.8, 4) is 0 Å². The highest BCUT2D eigenvalue weighted by atomic mass is 14.7. The summed E-state index contributed by atoms with van der Waals surface area (Å²) in [5.74, 6) is 0. The van der Waals surface area contributed by atoms with Gasteiger partial charge in [0, 0.05) is 6.54 Å². The molecule has 0 fully saturated rings. The van der Waals surface area contributed by atoms with Crippen molar-refractivity contribution in [3.05, 3.63) is 0 Å². The Morgan fingerprint density at radius 1 is 1.17 bits per heavy atom. The van der Waals surface area contributed by atoms with Crippen molar-refractivity contribution >= 4 is 6.21 Å². The highest BCUT2D eigenvalue weighted by molar-refractivity contribution is 5.56. The Kier molecular flexibility index (Phi) is 6.04. The van der Waals surface area contributed by atoms with Gasteiger partial charge in [-0.15, -0.1) is 0 Å². The summed E-state index contributed by atoms with van der Waals surface area (Å²) in [4.78, 5) is 4.45. The molecule has 0 aromatic rings. The maximum Gasteiger partial charge on any atom is 0.0438 e. The van der Waals surface area contributed by atoms with Gasteiger partial charge in [-0.25, -0.2) is 0 Å². The van der Waals surface area contributed by atoms with Gasteiger partial charge in [0.2, 0.25) is 0 Å². The Labute approximate surface area is 77.3 Å². The molecule has 1 heteroatoms. The van der Waals surface area contributed by atoms with E-state index in [-0.39, 0.29) is 0 Å². The number of rotatable bonds is 6. The lowest BCUT2D eigenvalue weighted by atomic mass is 9.85. The summed E-state index contributed by atoms with van der Waals surface area (Å²) in [7, 11) is 0. The van der Waals surface area contributed by atoms with Crippen LogP contribution in [0.25, 0.3) is 0 Å². The Morgan fingerprint density at radius 3 is 2.17 bits per heavy atom. The SMILES string of the molecule is CCC/C=N\CC(C)(CC)CC. The fraction of sp³-hybridized carbons (Fsp3) is 0.909. The van der Waals surface area contributed by atoms with E-state index in [4.69, 9.17) is 0 Å². The Bertz CT molecular complexity index is 123. The van der Waals surface area contributed by atoms with Crippen LogP contribution in [0.4, 0.5) is 0 Å². The molecule has 0 unspecified atom stereocenters. The van der Waals surface area contributed by atoms with E-state index in [1.54, 1.807) is 0 Å². The lowest BCUT2D eigenvalue weighted by molar-refractivity contribution is 0.312. The first kappa shape index (κ1) is 11.7. The van der Waals surface area contributed by atoms with Crippen LogP contribution < -0.4 is 0 Å². The molecular weight excluding hydrogens is 146 g/mol. The first-order valence-electron chi connectivity index (χ1n) is 5.16. The van der Waals surface area contributed by atoms with Crippen LogP contribution in [-0.4, -0.2) is 12.8 Å². The molecule has 0 aromatic heterocycles. The van der Waals surface area contributed by atoms with Crippen LogP contribution in [0.5, 0.6) is 0 Å². The van der Waals surface area contributed by atoms with Crippen molar-refractivity contribution in [1.29, 1.82) is 0 Å². The largest absolute Gasteiger partial charge is 0.297 e. The predicted molar refractivity (Wildman–Crippen MR) is 57.0 cm³/mol. The number of hydrogen-bond donors (Lipinski definition) is 0. The highest BCUT2D eigenvalue weighted by Crippen LogP contribution is 2.25. The van der Waals surface area contributed by atoms with E-state index < -0.39 is 0 Å². The van der Waals surface area contributed by atoms with Crippen LogP contribution in [-0.2, 0) is 0 Å². The molecular formula is C11H23N. The maximum absolute atomic E-state index is 4.45. The smallest absolute Gasteiger partial charge is 0.0438 e. The van der Waals surface area contributed by atoms with E-state index in [0.29, 0.717) is 5.41 Å². The second-order valence-corrected chi connectivity index (χ2v) is 3.83. The third-order valence-corrected chi connectivity index (χ3v) is 2.73. The van der Waals surface area contributed by atoms with E-state index in [9.17, 15) is 0 Å². The van der Waals surface area contributed by atoms with Crippen molar-refractivity contribution in [3.63, 3.8) is 0 Å². The molecule has 0 saturated carbocycles. The summed E-state index contributed by atoms with van der Waals surface area (Å²) in [6.45, 7) is 10.00. The molecule has 0 aliphatic carbocycles. The molecule has 0 radical (unpaired) electrons. The maximum atomic E-state index is 4.45. The zero-order valence-electron chi connectivity index (χ0n) is 9.06. The quantitative estimate of drug-likeness (QED) is 0.538. The highest BCUT2D eigenvalue weighted by Gasteiger charge is 2.17. The average molecular weight is 169 g/mol. The monoisotopic (exact) mass is 169 g/mol. The van der Waals surface area contributed by atoms with Gasteiger partial charge < -0.3 is 0 Å². The van der Waals surface area contributed by atoms with Gasteiger partial charge in [-0.3, -0.25) is 4.99 Å². The zero-order valence-corrected chi connectivity index (χ0v) is 9.06. The molecule has 0 rings (SSSR count). The molecule has 0 amide bonds. The Balaban J connectivity index is 3.72. The van der Waals surface area contributed by atoms with Gasteiger partial charge in [0.05, 0.1) is 0 Å². The molecule has 0 spiro atoms. The van der Waals surface area contributed by atoms with E-state index in [1.807, 2.05) is 0 Å². The third kappa shape index (κ3) is 4.53. The molecule has 0 atom stereocenters. The van der Waals surface area contributed by atoms with Crippen LogP contribution in [0.1, 0.15) is 53.4 Å². The van der Waals surface area contributed by atoms with E-state index >= 15 is 0 Å². The van der Waals surface area contributed by atoms with Gasteiger partial charge in [0.15, 0.2) is 0 Å². The Hall–Kier alpha value is -0.330. The Morgan fingerprint density at radius 2 is 1.75 bits per heavy atom. The summed E-state index contributed by atoms with van der Waals surface area (Å²) in [6.07, 6.45) is 6.87. The fourth-order valence-electron chi connectivity index (χ4n) is 0.979. The van der Waals surface area contributed by atoms with Crippen LogP contribution in [0.2, 0.25) is 0 Å². The van der Waals surface area contributed by atoms with Crippen LogP contribution >= 0.6 is 0 Å². The van der Waals surface area contributed by atoms with Gasteiger partial charge in [-0.05, 0) is 30.9 Å². The topological polar surface area (TPSA) is 12.4 Å². The van der Waals surface area contributed by atoms with Crippen LogP contribution in [0.3, 0.4) is 0 Å². The summed E-state index contributed by atoms with van der Waals surface area (Å²) in [6, 6.07) is 0. The fourth-order valence-corrected chi connectivity index (χ4v) is 0.979. The van der Waals surface area contributed by atoms with Crippen molar-refractivity contribution in [2.75, 3.05) is 6.54 Å². The van der Waals surface area contributed by atoms with Gasteiger partial charge in [-0.1, -0.05) is 34.1 Å². The van der Waals surface area contributed by atoms with Crippen molar-refractivity contribution < 1.29 is 0 Å². The number of aliphatic imine (C=N–C) groups is 1. The third-order valence-electron chi connectivity index (χ3n) is 2.73. The van der Waals surface area contributed by atoms with Gasteiger partial charge >= 0.3 is 0 Å². The first-order chi connectivity index (χ1) is 5.68. The van der Waals surface area contributed by atoms with E-state index in [1.165, 1.54) is 19.3 Å². The minimum atomic E-state index is 0.435. The second kappa shape index (κ2) is 6.22. The molecule has 0 aromatic carbocycles. The summed E-state index contributed by atoms with van der Waals surface area (Å²) >= 11 is 0. The van der Waals surface area contributed by atoms with Crippen LogP contribution in [0.15, 0.2) is 4.99 Å². The van der Waals surface area contributed by atoms with Gasteiger partial charge in [-0.2, -0.15) is 0 Å². The second-order valence-electron chi connectivity index (χ2n) is 3.83. The average Bonchev–Trinajstić information content (AvgIpc) is 2.12. The lowest BCUT2D eigenvalue weighted by Gasteiger charge is -2.23. The van der Waals surface area contributed by atoms with Crippen molar-refractivity contribution in [2.24, 2.45) is 10.4 Å². The minimum Gasteiger partial charge on any atom is -0.297 e. The molecule has 0 N–H and O–H groups in total. The van der Waals surface area contributed by atoms with Crippen molar-refractivity contribution in [2.45, 2.75) is 53.4 Å². The standard InChI is InChI=1S/C11H23N/c1-5-8-9-12-10-11(4,6-2)7-3/h9H,5-8,10H2,1-4H3/b12-9-. The van der Waals surface area contributed by atoms with E-state index in [2.05, 4.69) is 38.9 Å². The van der Waals surface area contributed by atoms with Crippen LogP contribution in [0, 0.1) is 5.41 Å². The minimum absolute atomic E-state index is 0.435. The molecule has 12 heavy (non-hydrogen) atoms. The molecule has 1 nitrogen and oxygen atoms in total. The van der Waals surface area contributed by atoms with Gasteiger partial charge in [0.1, 0.15) is 0 Å². The molecule has 0 aliphatic heterocycles. The van der Waals surface area contributed by atoms with Gasteiger partial charge in [0.25, 0.3) is 0 Å².